The maximum Gasteiger partial charge on any atom is 0.338 e. The molecule has 0 aromatic carbocycles. The molecule has 2 nitrogen and oxygen atoms in total. The van der Waals surface area contributed by atoms with Crippen LogP contribution in [0.4, 0.5) is 0 Å². The van der Waals surface area contributed by atoms with Crippen molar-refractivity contribution >= 4 is 8.56 Å². The van der Waals surface area contributed by atoms with Crippen molar-refractivity contribution in [3.05, 3.63) is 0 Å². The van der Waals surface area contributed by atoms with Crippen LogP contribution < -0.4 is 0 Å². The minimum Gasteiger partial charge on any atom is -0.398 e. The van der Waals surface area contributed by atoms with Gasteiger partial charge in [0, 0.05) is 18.8 Å². The predicted octanol–water partition coefficient (Wildman–Crippen LogP) is 3.85. The van der Waals surface area contributed by atoms with Crippen LogP contribution in [-0.4, -0.2) is 21.8 Å². The summed E-state index contributed by atoms with van der Waals surface area (Å²) in [7, 11) is 0.00870. The molecule has 2 unspecified atom stereocenters. The largest absolute Gasteiger partial charge is 0.398 e. The SMILES string of the molecule is CO[Si](C)(OC(C)C1CCCCC1)C1CC1. The molecule has 16 heavy (non-hydrogen) atoms. The molecule has 0 radical (unpaired) electrons. The molecule has 0 bridgehead atoms. The quantitative estimate of drug-likeness (QED) is 0.682. The summed E-state index contributed by atoms with van der Waals surface area (Å²) in [5, 5.41) is 0. The van der Waals surface area contributed by atoms with Crippen molar-refractivity contribution in [3.8, 4) is 0 Å². The van der Waals surface area contributed by atoms with Crippen LogP contribution in [0.1, 0.15) is 51.9 Å². The Hall–Kier alpha value is 0.137. The average Bonchev–Trinajstić information content (AvgIpc) is 3.14. The highest BCUT2D eigenvalue weighted by atomic mass is 28.4. The van der Waals surface area contributed by atoms with E-state index in [4.69, 9.17) is 8.85 Å². The van der Waals surface area contributed by atoms with Gasteiger partial charge in [-0.25, -0.2) is 0 Å². The van der Waals surface area contributed by atoms with Gasteiger partial charge in [-0.15, -0.1) is 0 Å². The molecule has 2 rings (SSSR count). The molecule has 2 aliphatic rings. The minimum absolute atomic E-state index is 0.414. The lowest BCUT2D eigenvalue weighted by molar-refractivity contribution is 0.0795. The van der Waals surface area contributed by atoms with E-state index in [0.29, 0.717) is 6.10 Å². The summed E-state index contributed by atoms with van der Waals surface area (Å²) in [4.78, 5) is 0. The van der Waals surface area contributed by atoms with E-state index in [1.54, 1.807) is 0 Å². The van der Waals surface area contributed by atoms with E-state index in [2.05, 4.69) is 13.5 Å². The normalized spacial score (nSPS) is 28.7. The molecule has 0 N–H and O–H groups in total. The first-order valence-corrected chi connectivity index (χ1v) is 9.28. The van der Waals surface area contributed by atoms with Gasteiger partial charge >= 0.3 is 8.56 Å². The summed E-state index contributed by atoms with van der Waals surface area (Å²) >= 11 is 0. The van der Waals surface area contributed by atoms with E-state index in [9.17, 15) is 0 Å². The van der Waals surface area contributed by atoms with E-state index >= 15 is 0 Å². The lowest BCUT2D eigenvalue weighted by Gasteiger charge is -2.34. The fourth-order valence-corrected chi connectivity index (χ4v) is 5.76. The van der Waals surface area contributed by atoms with Crippen molar-refractivity contribution in [2.24, 2.45) is 5.92 Å². The van der Waals surface area contributed by atoms with Crippen LogP contribution in [0.2, 0.25) is 12.1 Å². The van der Waals surface area contributed by atoms with Gasteiger partial charge in [-0.3, -0.25) is 0 Å². The van der Waals surface area contributed by atoms with Crippen molar-refractivity contribution in [3.63, 3.8) is 0 Å². The molecular weight excluding hydrogens is 216 g/mol. The van der Waals surface area contributed by atoms with Crippen molar-refractivity contribution in [1.82, 2.24) is 0 Å². The monoisotopic (exact) mass is 242 g/mol. The van der Waals surface area contributed by atoms with Crippen LogP contribution in [-0.2, 0) is 8.85 Å². The Morgan fingerprint density at radius 1 is 1.06 bits per heavy atom. The fraction of sp³-hybridized carbons (Fsp3) is 1.00. The smallest absolute Gasteiger partial charge is 0.338 e. The Balaban J connectivity index is 1.86. The first-order chi connectivity index (χ1) is 7.65. The summed E-state index contributed by atoms with van der Waals surface area (Å²) in [6.07, 6.45) is 10.0. The van der Waals surface area contributed by atoms with Crippen LogP contribution in [0.25, 0.3) is 0 Å². The van der Waals surface area contributed by atoms with Crippen molar-refractivity contribution in [2.75, 3.05) is 7.11 Å². The van der Waals surface area contributed by atoms with Gasteiger partial charge in [0.2, 0.25) is 0 Å². The van der Waals surface area contributed by atoms with Gasteiger partial charge in [0.25, 0.3) is 0 Å². The van der Waals surface area contributed by atoms with Crippen LogP contribution >= 0.6 is 0 Å². The molecule has 2 aliphatic carbocycles. The van der Waals surface area contributed by atoms with Gasteiger partial charge in [-0.05, 0) is 45.1 Å². The van der Waals surface area contributed by atoms with Crippen molar-refractivity contribution < 1.29 is 8.85 Å². The molecule has 0 spiro atoms. The molecule has 0 amide bonds. The molecule has 94 valence electrons. The van der Waals surface area contributed by atoms with Crippen molar-refractivity contribution in [2.45, 2.75) is 70.1 Å². The van der Waals surface area contributed by atoms with E-state index in [-0.39, 0.29) is 0 Å². The molecule has 0 saturated heterocycles. The van der Waals surface area contributed by atoms with Crippen LogP contribution in [0.15, 0.2) is 0 Å². The topological polar surface area (TPSA) is 18.5 Å². The lowest BCUT2D eigenvalue weighted by Crippen LogP contribution is -2.43. The van der Waals surface area contributed by atoms with Gasteiger partial charge < -0.3 is 8.85 Å². The number of rotatable bonds is 5. The Morgan fingerprint density at radius 3 is 2.19 bits per heavy atom. The third-order valence-corrected chi connectivity index (χ3v) is 8.17. The highest BCUT2D eigenvalue weighted by Crippen LogP contribution is 2.47. The average molecular weight is 242 g/mol. The van der Waals surface area contributed by atoms with Gasteiger partial charge in [0.15, 0.2) is 0 Å². The maximum atomic E-state index is 6.37. The second-order valence-corrected chi connectivity index (χ2v) is 9.21. The summed E-state index contributed by atoms with van der Waals surface area (Å²) in [6, 6.07) is 0. The highest BCUT2D eigenvalue weighted by Gasteiger charge is 2.48. The Morgan fingerprint density at radius 2 is 1.69 bits per heavy atom. The third kappa shape index (κ3) is 2.87. The molecule has 0 aliphatic heterocycles. The second-order valence-electron chi connectivity index (χ2n) is 5.72. The van der Waals surface area contributed by atoms with E-state index in [0.717, 1.165) is 11.5 Å². The van der Waals surface area contributed by atoms with Crippen LogP contribution in [0.5, 0.6) is 0 Å². The molecule has 0 aromatic heterocycles. The molecule has 3 heteroatoms. The van der Waals surface area contributed by atoms with E-state index in [1.165, 1.54) is 44.9 Å². The third-order valence-electron chi connectivity index (χ3n) is 4.46. The zero-order valence-electron chi connectivity index (χ0n) is 11.0. The Labute approximate surface area is 101 Å². The zero-order valence-corrected chi connectivity index (χ0v) is 12.0. The number of hydrogen-bond acceptors (Lipinski definition) is 2. The summed E-state index contributed by atoms with van der Waals surface area (Å²) in [5.41, 5.74) is 0.767. The Kier molecular flexibility index (Phi) is 4.09. The molecule has 0 heterocycles. The van der Waals surface area contributed by atoms with Gasteiger partial charge in [-0.1, -0.05) is 19.3 Å². The van der Waals surface area contributed by atoms with Crippen LogP contribution in [0.3, 0.4) is 0 Å². The lowest BCUT2D eigenvalue weighted by atomic mass is 9.86. The van der Waals surface area contributed by atoms with E-state index in [1.807, 2.05) is 7.11 Å². The van der Waals surface area contributed by atoms with Gasteiger partial charge in [-0.2, -0.15) is 0 Å². The van der Waals surface area contributed by atoms with Gasteiger partial charge in [0.1, 0.15) is 0 Å². The summed E-state index contributed by atoms with van der Waals surface area (Å²) < 4.78 is 12.1. The first kappa shape index (κ1) is 12.6. The summed E-state index contributed by atoms with van der Waals surface area (Å²) in [6.45, 7) is 4.52. The zero-order chi connectivity index (χ0) is 11.6. The highest BCUT2D eigenvalue weighted by molar-refractivity contribution is 6.68. The van der Waals surface area contributed by atoms with E-state index < -0.39 is 8.56 Å². The second kappa shape index (κ2) is 5.19. The fourth-order valence-electron chi connectivity index (χ4n) is 2.99. The predicted molar refractivity (Wildman–Crippen MR) is 68.7 cm³/mol. The maximum absolute atomic E-state index is 6.37. The first-order valence-electron chi connectivity index (χ1n) is 6.88. The standard InChI is InChI=1S/C13H26O2Si/c1-11(12-7-5-4-6-8-12)15-16(3,14-2)13-9-10-13/h11-13H,4-10H2,1-3H3. The minimum atomic E-state index is -1.84. The Bertz CT molecular complexity index is 224. The van der Waals surface area contributed by atoms with Gasteiger partial charge in [0.05, 0.1) is 0 Å². The molecule has 2 fully saturated rings. The van der Waals surface area contributed by atoms with Crippen LogP contribution in [0, 0.1) is 5.92 Å². The molecular formula is C13H26O2Si. The summed E-state index contributed by atoms with van der Waals surface area (Å²) in [5.74, 6) is 0.787. The number of hydrogen-bond donors (Lipinski definition) is 0. The molecule has 0 aromatic rings. The van der Waals surface area contributed by atoms with Crippen molar-refractivity contribution in [1.29, 1.82) is 0 Å². The molecule has 2 saturated carbocycles. The molecule has 2 atom stereocenters.